The normalized spacial score (nSPS) is 29.3. The van der Waals surface area contributed by atoms with Gasteiger partial charge in [0.1, 0.15) is 35.2 Å². The first kappa shape index (κ1) is 14.7. The van der Waals surface area contributed by atoms with E-state index in [0.717, 1.165) is 10.8 Å². The molecule has 9 heteroatoms. The fraction of sp³-hybridized carbons (Fsp3) is 0.583. The summed E-state index contributed by atoms with van der Waals surface area (Å²) in [6.45, 7) is 1.65. The average Bonchev–Trinajstić information content (AvgIpc) is 3.03. The Kier molecular flexibility index (Phi) is 4.09. The summed E-state index contributed by atoms with van der Waals surface area (Å²) in [5, 5.41) is 29.8. The van der Waals surface area contributed by atoms with Crippen molar-refractivity contribution < 1.29 is 20.1 Å². The Morgan fingerprint density at radius 2 is 2.10 bits per heavy atom. The first-order chi connectivity index (χ1) is 10.2. The topological polar surface area (TPSA) is 114 Å². The molecular formula is C12H16N4O4S. The van der Waals surface area contributed by atoms with Crippen LogP contribution in [-0.4, -0.2) is 65.5 Å². The van der Waals surface area contributed by atoms with E-state index >= 15 is 0 Å². The number of aromatic nitrogens is 4. The van der Waals surface area contributed by atoms with Gasteiger partial charge in [-0.05, 0) is 5.75 Å². The average molecular weight is 312 g/mol. The second kappa shape index (κ2) is 5.85. The van der Waals surface area contributed by atoms with E-state index in [-0.39, 0.29) is 6.61 Å². The highest BCUT2D eigenvalue weighted by Crippen LogP contribution is 2.32. The maximum Gasteiger partial charge on any atom is 0.166 e. The summed E-state index contributed by atoms with van der Waals surface area (Å²) in [7, 11) is 0. The summed E-state index contributed by atoms with van der Waals surface area (Å²) in [6.07, 6.45) is -1.04. The zero-order chi connectivity index (χ0) is 15.0. The third kappa shape index (κ3) is 2.40. The number of aliphatic hydroxyl groups is 3. The quantitative estimate of drug-likeness (QED) is 0.514. The van der Waals surface area contributed by atoms with Crippen molar-refractivity contribution in [3.05, 3.63) is 12.7 Å². The number of nitrogens with zero attached hydrogens (tertiary/aromatic N) is 4. The van der Waals surface area contributed by atoms with E-state index in [1.165, 1.54) is 12.7 Å². The number of aliphatic hydroxyl groups excluding tert-OH is 3. The van der Waals surface area contributed by atoms with Crippen molar-refractivity contribution in [2.45, 2.75) is 36.5 Å². The monoisotopic (exact) mass is 312 g/mol. The molecule has 3 N–H and O–H groups in total. The maximum absolute atomic E-state index is 10.1. The van der Waals surface area contributed by atoms with Crippen molar-refractivity contribution in [3.63, 3.8) is 0 Å². The third-order valence-corrected chi connectivity index (χ3v) is 4.26. The zero-order valence-corrected chi connectivity index (χ0v) is 12.1. The molecular weight excluding hydrogens is 296 g/mol. The summed E-state index contributed by atoms with van der Waals surface area (Å²) >= 11 is 1.55. The first-order valence-electron chi connectivity index (χ1n) is 6.60. The van der Waals surface area contributed by atoms with Gasteiger partial charge in [0.25, 0.3) is 0 Å². The maximum atomic E-state index is 10.1. The van der Waals surface area contributed by atoms with Crippen molar-refractivity contribution in [2.24, 2.45) is 0 Å². The number of fused-ring (bicyclic) bond motifs is 1. The van der Waals surface area contributed by atoms with E-state index in [9.17, 15) is 10.2 Å². The molecule has 0 spiro atoms. The van der Waals surface area contributed by atoms with E-state index in [1.54, 1.807) is 16.3 Å². The van der Waals surface area contributed by atoms with E-state index < -0.39 is 24.5 Å². The number of rotatable bonds is 4. The molecule has 0 amide bonds. The number of thioether (sulfide) groups is 1. The van der Waals surface area contributed by atoms with E-state index in [4.69, 9.17) is 9.84 Å². The standard InChI is InChI=1S/C12H16N4O4S/c1-2-21-11-7-10(13-4-14-11)16(5-15-7)12-9(19)8(18)6(3-17)20-12/h4-6,8-9,12,17-19H,2-3H2,1H3/t6-,8+,9-,12-/m1/s1. The predicted octanol–water partition coefficient (Wildman–Crippen LogP) is -0.450. The Bertz CT molecular complexity index is 637. The van der Waals surface area contributed by atoms with Crippen LogP contribution >= 0.6 is 11.8 Å². The van der Waals surface area contributed by atoms with Gasteiger partial charge in [0.15, 0.2) is 11.9 Å². The van der Waals surface area contributed by atoms with Gasteiger partial charge in [0.2, 0.25) is 0 Å². The van der Waals surface area contributed by atoms with Crippen LogP contribution in [0.3, 0.4) is 0 Å². The van der Waals surface area contributed by atoms with Crippen molar-refractivity contribution in [2.75, 3.05) is 12.4 Å². The molecule has 4 atom stereocenters. The summed E-state index contributed by atoms with van der Waals surface area (Å²) in [4.78, 5) is 12.6. The summed E-state index contributed by atoms with van der Waals surface area (Å²) < 4.78 is 7.05. The molecule has 2 aromatic rings. The number of ether oxygens (including phenoxy) is 1. The molecule has 2 aromatic heterocycles. The number of hydrogen-bond donors (Lipinski definition) is 3. The molecule has 0 saturated carbocycles. The van der Waals surface area contributed by atoms with Crippen molar-refractivity contribution in [1.29, 1.82) is 0 Å². The lowest BCUT2D eigenvalue weighted by atomic mass is 10.1. The van der Waals surface area contributed by atoms with Gasteiger partial charge < -0.3 is 20.1 Å². The van der Waals surface area contributed by atoms with Crippen LogP contribution in [-0.2, 0) is 4.74 Å². The molecule has 0 aromatic carbocycles. The number of hydrogen-bond acceptors (Lipinski definition) is 8. The minimum absolute atomic E-state index is 0.368. The molecule has 3 heterocycles. The Balaban J connectivity index is 2.00. The summed E-state index contributed by atoms with van der Waals surface area (Å²) in [5.41, 5.74) is 1.15. The Morgan fingerprint density at radius 3 is 2.76 bits per heavy atom. The van der Waals surface area contributed by atoms with Crippen LogP contribution in [0.1, 0.15) is 13.2 Å². The molecule has 21 heavy (non-hydrogen) atoms. The van der Waals surface area contributed by atoms with Crippen LogP contribution in [0.15, 0.2) is 17.7 Å². The summed E-state index contributed by atoms with van der Waals surface area (Å²) in [6, 6.07) is 0. The predicted molar refractivity (Wildman–Crippen MR) is 74.7 cm³/mol. The highest BCUT2D eigenvalue weighted by atomic mass is 32.2. The van der Waals surface area contributed by atoms with E-state index in [1.807, 2.05) is 6.92 Å². The van der Waals surface area contributed by atoms with E-state index in [2.05, 4.69) is 15.0 Å². The Morgan fingerprint density at radius 1 is 1.29 bits per heavy atom. The van der Waals surface area contributed by atoms with Crippen LogP contribution < -0.4 is 0 Å². The lowest BCUT2D eigenvalue weighted by Crippen LogP contribution is -2.33. The smallest absolute Gasteiger partial charge is 0.166 e. The van der Waals surface area contributed by atoms with Crippen LogP contribution in [0.25, 0.3) is 11.2 Å². The highest BCUT2D eigenvalue weighted by molar-refractivity contribution is 7.99. The lowest BCUT2D eigenvalue weighted by Gasteiger charge is -2.16. The fourth-order valence-corrected chi connectivity index (χ4v) is 3.04. The second-order valence-electron chi connectivity index (χ2n) is 4.66. The summed E-state index contributed by atoms with van der Waals surface area (Å²) in [5.74, 6) is 0.854. The van der Waals surface area contributed by atoms with Gasteiger partial charge in [0.05, 0.1) is 12.9 Å². The third-order valence-electron chi connectivity index (χ3n) is 3.40. The first-order valence-corrected chi connectivity index (χ1v) is 7.58. The van der Waals surface area contributed by atoms with Gasteiger partial charge in [-0.1, -0.05) is 6.92 Å². The Labute approximate surface area is 124 Å². The van der Waals surface area contributed by atoms with Crippen molar-refractivity contribution in [1.82, 2.24) is 19.5 Å². The molecule has 3 rings (SSSR count). The molecule has 1 aliphatic heterocycles. The van der Waals surface area contributed by atoms with Gasteiger partial charge in [0, 0.05) is 0 Å². The van der Waals surface area contributed by atoms with Crippen molar-refractivity contribution in [3.8, 4) is 0 Å². The van der Waals surface area contributed by atoms with Crippen LogP contribution in [0, 0.1) is 0 Å². The molecule has 0 unspecified atom stereocenters. The number of imidazole rings is 1. The molecule has 0 radical (unpaired) electrons. The fourth-order valence-electron chi connectivity index (χ4n) is 2.37. The molecule has 1 fully saturated rings. The van der Waals surface area contributed by atoms with Crippen molar-refractivity contribution >= 4 is 22.9 Å². The SMILES string of the molecule is CCSc1ncnc2c1ncn2[C@@H]1O[C@H](CO)[C@H](O)[C@H]1O. The van der Waals surface area contributed by atoms with Gasteiger partial charge in [-0.2, -0.15) is 0 Å². The molecule has 114 valence electrons. The molecule has 8 nitrogen and oxygen atoms in total. The molecule has 1 saturated heterocycles. The molecule has 0 aliphatic carbocycles. The second-order valence-corrected chi connectivity index (χ2v) is 5.92. The highest BCUT2D eigenvalue weighted by Gasteiger charge is 2.43. The zero-order valence-electron chi connectivity index (χ0n) is 11.3. The molecule has 0 bridgehead atoms. The van der Waals surface area contributed by atoms with Gasteiger partial charge in [-0.3, -0.25) is 4.57 Å². The van der Waals surface area contributed by atoms with Gasteiger partial charge >= 0.3 is 0 Å². The van der Waals surface area contributed by atoms with Crippen LogP contribution in [0.5, 0.6) is 0 Å². The van der Waals surface area contributed by atoms with Crippen LogP contribution in [0.2, 0.25) is 0 Å². The molecule has 1 aliphatic rings. The largest absolute Gasteiger partial charge is 0.394 e. The minimum Gasteiger partial charge on any atom is -0.394 e. The van der Waals surface area contributed by atoms with Crippen LogP contribution in [0.4, 0.5) is 0 Å². The Hall–Kier alpha value is -1.26. The van der Waals surface area contributed by atoms with E-state index in [0.29, 0.717) is 11.2 Å². The van der Waals surface area contributed by atoms with Gasteiger partial charge in [-0.25, -0.2) is 15.0 Å². The van der Waals surface area contributed by atoms with Gasteiger partial charge in [-0.15, -0.1) is 11.8 Å². The lowest BCUT2D eigenvalue weighted by molar-refractivity contribution is -0.0511. The minimum atomic E-state index is -1.16.